The second-order valence-electron chi connectivity index (χ2n) is 7.64. The number of rotatable bonds is 7. The largest absolute Gasteiger partial charge is 0.421 e. The van der Waals surface area contributed by atoms with Crippen LogP contribution in [0.25, 0.3) is 22.4 Å². The summed E-state index contributed by atoms with van der Waals surface area (Å²) in [4.78, 5) is 21.0. The van der Waals surface area contributed by atoms with Crippen molar-refractivity contribution in [3.8, 4) is 17.3 Å². The van der Waals surface area contributed by atoms with Gasteiger partial charge in [-0.3, -0.25) is 9.97 Å². The summed E-state index contributed by atoms with van der Waals surface area (Å²) in [6.45, 7) is 7.45. The average Bonchev–Trinajstić information content (AvgIpc) is 2.96. The summed E-state index contributed by atoms with van der Waals surface area (Å²) in [6, 6.07) is 6.46. The summed E-state index contributed by atoms with van der Waals surface area (Å²) in [7, 11) is -1.22. The van der Waals surface area contributed by atoms with Crippen molar-refractivity contribution in [1.29, 1.82) is 5.26 Å². The number of fused-ring (bicyclic) bond motifs is 1. The topological polar surface area (TPSA) is 93.9 Å². The van der Waals surface area contributed by atoms with Gasteiger partial charge < -0.3 is 9.15 Å². The molecule has 9 heteroatoms. The third-order valence-corrected chi connectivity index (χ3v) is 6.23. The molecule has 0 saturated heterocycles. The lowest BCUT2D eigenvalue weighted by atomic mass is 10.1. The second kappa shape index (κ2) is 8.27. The summed E-state index contributed by atoms with van der Waals surface area (Å²) in [6.07, 6.45) is 3.27. The number of oxazole rings is 1. The first-order chi connectivity index (χ1) is 13.3. The van der Waals surface area contributed by atoms with Crippen LogP contribution in [0.4, 0.5) is 0 Å². The first-order valence-corrected chi connectivity index (χ1v) is 13.0. The highest BCUT2D eigenvalue weighted by molar-refractivity contribution is 6.76. The van der Waals surface area contributed by atoms with Crippen molar-refractivity contribution in [1.82, 2.24) is 14.5 Å². The molecular weight excluding hydrogens is 396 g/mol. The molecule has 2 heterocycles. The highest BCUT2D eigenvalue weighted by Gasteiger charge is 2.19. The lowest BCUT2D eigenvalue weighted by Crippen LogP contribution is -2.23. The monoisotopic (exact) mass is 416 g/mol. The number of ether oxygens (including phenoxy) is 1. The standard InChI is InChI=1S/C19H21ClN4O3Si/c1-28(2,3)9-8-26-12-24-17-15(20)5-4-14(18(17)27-19(24)25)16-11-22-13(6-7-21)10-23-16/h4-5,10-11H,6,8-9,12H2,1-3H3. The Kier molecular flexibility index (Phi) is 5.98. The van der Waals surface area contributed by atoms with E-state index in [0.717, 1.165) is 6.04 Å². The molecule has 0 aliphatic carbocycles. The molecule has 2 aromatic heterocycles. The van der Waals surface area contributed by atoms with E-state index < -0.39 is 13.8 Å². The SMILES string of the molecule is C[Si](C)(C)CCOCn1c(=O)oc2c(-c3cnc(CC#N)cn3)ccc(Cl)c21. The molecule has 0 aliphatic heterocycles. The zero-order valence-electron chi connectivity index (χ0n) is 16.0. The molecule has 0 atom stereocenters. The molecule has 3 rings (SSSR count). The van der Waals surface area contributed by atoms with Gasteiger partial charge >= 0.3 is 5.76 Å². The maximum absolute atomic E-state index is 12.4. The Labute approximate surface area is 168 Å². The van der Waals surface area contributed by atoms with Crippen LogP contribution in [0.1, 0.15) is 5.69 Å². The van der Waals surface area contributed by atoms with E-state index in [2.05, 4.69) is 29.6 Å². The molecule has 146 valence electrons. The highest BCUT2D eigenvalue weighted by atomic mass is 35.5. The summed E-state index contributed by atoms with van der Waals surface area (Å²) < 4.78 is 12.6. The average molecular weight is 417 g/mol. The van der Waals surface area contributed by atoms with Crippen LogP contribution in [0.5, 0.6) is 0 Å². The van der Waals surface area contributed by atoms with Gasteiger partial charge in [-0.2, -0.15) is 5.26 Å². The van der Waals surface area contributed by atoms with E-state index >= 15 is 0 Å². The zero-order chi connectivity index (χ0) is 20.3. The number of hydrogen-bond acceptors (Lipinski definition) is 6. The fourth-order valence-electron chi connectivity index (χ4n) is 2.65. The molecular formula is C19H21ClN4O3Si. The molecule has 0 fully saturated rings. The third-order valence-electron chi connectivity index (χ3n) is 4.22. The summed E-state index contributed by atoms with van der Waals surface area (Å²) in [5.74, 6) is -0.536. The van der Waals surface area contributed by atoms with Crippen LogP contribution in [0.15, 0.2) is 33.7 Å². The van der Waals surface area contributed by atoms with Crippen LogP contribution in [-0.2, 0) is 17.9 Å². The number of hydrogen-bond donors (Lipinski definition) is 0. The number of nitrogens with zero attached hydrogens (tertiary/aromatic N) is 4. The summed E-state index contributed by atoms with van der Waals surface area (Å²) >= 11 is 6.35. The molecule has 0 amide bonds. The molecule has 7 nitrogen and oxygen atoms in total. The molecule has 1 aromatic carbocycles. The van der Waals surface area contributed by atoms with Crippen molar-refractivity contribution in [2.45, 2.75) is 38.8 Å². The van der Waals surface area contributed by atoms with Crippen LogP contribution in [-0.4, -0.2) is 29.2 Å². The van der Waals surface area contributed by atoms with E-state index in [1.807, 2.05) is 6.07 Å². The van der Waals surface area contributed by atoms with E-state index in [4.69, 9.17) is 26.0 Å². The minimum atomic E-state index is -1.22. The van der Waals surface area contributed by atoms with E-state index in [9.17, 15) is 4.79 Å². The van der Waals surface area contributed by atoms with E-state index in [-0.39, 0.29) is 13.2 Å². The molecule has 0 radical (unpaired) electrons. The maximum Gasteiger partial charge on any atom is 0.421 e. The van der Waals surface area contributed by atoms with Crippen molar-refractivity contribution in [3.63, 3.8) is 0 Å². The highest BCUT2D eigenvalue weighted by Crippen LogP contribution is 2.31. The van der Waals surface area contributed by atoms with Crippen LogP contribution in [0, 0.1) is 11.3 Å². The Balaban J connectivity index is 1.94. The van der Waals surface area contributed by atoms with Crippen LogP contribution >= 0.6 is 11.6 Å². The van der Waals surface area contributed by atoms with Crippen molar-refractivity contribution in [2.24, 2.45) is 0 Å². The van der Waals surface area contributed by atoms with Crippen molar-refractivity contribution in [2.75, 3.05) is 6.61 Å². The predicted octanol–water partition coefficient (Wildman–Crippen LogP) is 4.08. The zero-order valence-corrected chi connectivity index (χ0v) is 17.8. The Morgan fingerprint density at radius 3 is 2.71 bits per heavy atom. The fraction of sp³-hybridized carbons (Fsp3) is 0.368. The van der Waals surface area contributed by atoms with Crippen molar-refractivity contribution < 1.29 is 9.15 Å². The predicted molar refractivity (Wildman–Crippen MR) is 110 cm³/mol. The van der Waals surface area contributed by atoms with Gasteiger partial charge in [0, 0.05) is 20.2 Å². The van der Waals surface area contributed by atoms with Crippen molar-refractivity contribution in [3.05, 3.63) is 45.8 Å². The smallest absolute Gasteiger partial charge is 0.407 e. The number of benzene rings is 1. The maximum atomic E-state index is 12.4. The van der Waals surface area contributed by atoms with Gasteiger partial charge in [-0.1, -0.05) is 31.2 Å². The minimum absolute atomic E-state index is 0.0757. The molecule has 0 aliphatic rings. The second-order valence-corrected chi connectivity index (χ2v) is 13.7. The molecule has 0 saturated carbocycles. The van der Waals surface area contributed by atoms with Crippen LogP contribution < -0.4 is 5.76 Å². The third kappa shape index (κ3) is 4.50. The molecule has 3 aromatic rings. The van der Waals surface area contributed by atoms with Gasteiger partial charge in [0.2, 0.25) is 0 Å². The molecule has 0 spiro atoms. The van der Waals surface area contributed by atoms with Gasteiger partial charge in [-0.15, -0.1) is 0 Å². The van der Waals surface area contributed by atoms with Gasteiger partial charge in [0.15, 0.2) is 5.58 Å². The lowest BCUT2D eigenvalue weighted by molar-refractivity contribution is 0.0850. The first kappa shape index (κ1) is 20.3. The van der Waals surface area contributed by atoms with E-state index in [1.165, 1.54) is 10.8 Å². The molecule has 0 N–H and O–H groups in total. The Bertz CT molecular complexity index is 1080. The number of aromatic nitrogens is 3. The van der Waals surface area contributed by atoms with Gasteiger partial charge in [-0.25, -0.2) is 9.36 Å². The van der Waals surface area contributed by atoms with Crippen molar-refractivity contribution >= 4 is 30.8 Å². The van der Waals surface area contributed by atoms with Gasteiger partial charge in [0.05, 0.1) is 41.3 Å². The summed E-state index contributed by atoms with van der Waals surface area (Å²) in [5.41, 5.74) is 2.53. The lowest BCUT2D eigenvalue weighted by Gasteiger charge is -2.15. The van der Waals surface area contributed by atoms with E-state index in [0.29, 0.717) is 39.7 Å². The number of nitriles is 1. The fourth-order valence-corrected chi connectivity index (χ4v) is 3.66. The van der Waals surface area contributed by atoms with Crippen LogP contribution in [0.3, 0.4) is 0 Å². The minimum Gasteiger partial charge on any atom is -0.407 e. The molecule has 0 bridgehead atoms. The Morgan fingerprint density at radius 1 is 1.29 bits per heavy atom. The molecule has 0 unspecified atom stereocenters. The van der Waals surface area contributed by atoms with Gasteiger partial charge in [-0.05, 0) is 18.2 Å². The van der Waals surface area contributed by atoms with E-state index in [1.54, 1.807) is 18.3 Å². The van der Waals surface area contributed by atoms with Gasteiger partial charge in [0.25, 0.3) is 0 Å². The normalized spacial score (nSPS) is 11.7. The van der Waals surface area contributed by atoms with Gasteiger partial charge in [0.1, 0.15) is 12.2 Å². The number of halogens is 1. The first-order valence-electron chi connectivity index (χ1n) is 8.88. The Morgan fingerprint density at radius 2 is 2.07 bits per heavy atom. The van der Waals surface area contributed by atoms with Crippen LogP contribution in [0.2, 0.25) is 30.7 Å². The quantitative estimate of drug-likeness (QED) is 0.425. The molecule has 28 heavy (non-hydrogen) atoms. The Hall–Kier alpha value is -2.47. The summed E-state index contributed by atoms with van der Waals surface area (Å²) in [5, 5.41) is 9.15.